The highest BCUT2D eigenvalue weighted by atomic mass is 32.1. The van der Waals surface area contributed by atoms with Crippen LogP contribution in [0.25, 0.3) is 21.6 Å². The molecule has 2 aromatic carbocycles. The fourth-order valence-electron chi connectivity index (χ4n) is 4.38. The summed E-state index contributed by atoms with van der Waals surface area (Å²) in [6.07, 6.45) is 3.94. The Labute approximate surface area is 200 Å². The van der Waals surface area contributed by atoms with Crippen LogP contribution in [0.3, 0.4) is 0 Å². The largest absolute Gasteiger partial charge is 0.497 e. The van der Waals surface area contributed by atoms with Crippen molar-refractivity contribution in [3.8, 4) is 17.1 Å². The molecule has 1 amide bonds. The highest BCUT2D eigenvalue weighted by molar-refractivity contribution is 7.18. The number of fused-ring (bicyclic) bond motifs is 3. The van der Waals surface area contributed by atoms with Gasteiger partial charge in [0.15, 0.2) is 0 Å². The van der Waals surface area contributed by atoms with E-state index in [9.17, 15) is 14.0 Å². The molecule has 0 aliphatic heterocycles. The number of halogens is 1. The zero-order valence-electron chi connectivity index (χ0n) is 19.0. The molecule has 8 heteroatoms. The van der Waals surface area contributed by atoms with Gasteiger partial charge in [-0.2, -0.15) is 0 Å². The lowest BCUT2D eigenvalue weighted by atomic mass is 9.97. The number of nitrogens with zero attached hydrogens (tertiary/aromatic N) is 2. The van der Waals surface area contributed by atoms with Crippen LogP contribution in [0.4, 0.5) is 10.1 Å². The van der Waals surface area contributed by atoms with Crippen LogP contribution in [0.5, 0.6) is 5.75 Å². The minimum Gasteiger partial charge on any atom is -0.497 e. The van der Waals surface area contributed by atoms with Gasteiger partial charge in [-0.15, -0.1) is 11.3 Å². The number of thiophene rings is 1. The number of anilines is 1. The molecule has 0 atom stereocenters. The Kier molecular flexibility index (Phi) is 5.91. The van der Waals surface area contributed by atoms with Crippen LogP contribution >= 0.6 is 11.3 Å². The van der Waals surface area contributed by atoms with Crippen molar-refractivity contribution in [2.75, 3.05) is 12.4 Å². The van der Waals surface area contributed by atoms with Gasteiger partial charge < -0.3 is 10.1 Å². The van der Waals surface area contributed by atoms with E-state index in [0.29, 0.717) is 38.6 Å². The average Bonchev–Trinajstić information content (AvgIpc) is 3.22. The second kappa shape index (κ2) is 9.02. The number of aromatic nitrogens is 2. The number of hydrogen-bond acceptors (Lipinski definition) is 5. The van der Waals surface area contributed by atoms with Crippen molar-refractivity contribution in [1.82, 2.24) is 9.55 Å². The van der Waals surface area contributed by atoms with Crippen LogP contribution in [-0.2, 0) is 24.2 Å². The second-order valence-electron chi connectivity index (χ2n) is 8.46. The first-order valence-electron chi connectivity index (χ1n) is 11.2. The van der Waals surface area contributed by atoms with Gasteiger partial charge in [0, 0.05) is 16.1 Å². The number of amides is 1. The van der Waals surface area contributed by atoms with Gasteiger partial charge >= 0.3 is 0 Å². The number of rotatable bonds is 5. The van der Waals surface area contributed by atoms with Crippen molar-refractivity contribution >= 4 is 33.1 Å². The minimum atomic E-state index is -0.431. The summed E-state index contributed by atoms with van der Waals surface area (Å²) in [6.45, 7) is 1.41. The first kappa shape index (κ1) is 22.3. The molecule has 34 heavy (non-hydrogen) atoms. The van der Waals surface area contributed by atoms with E-state index in [4.69, 9.17) is 9.72 Å². The third-order valence-electron chi connectivity index (χ3n) is 6.16. The lowest BCUT2D eigenvalue weighted by molar-refractivity contribution is -0.116. The van der Waals surface area contributed by atoms with Gasteiger partial charge in [0.1, 0.15) is 28.8 Å². The highest BCUT2D eigenvalue weighted by Crippen LogP contribution is 2.35. The maximum absolute atomic E-state index is 13.9. The van der Waals surface area contributed by atoms with Gasteiger partial charge in [0.05, 0.1) is 12.5 Å². The highest BCUT2D eigenvalue weighted by Gasteiger charge is 2.23. The smallest absolute Gasteiger partial charge is 0.263 e. The number of carbonyl (C=O) groups excluding carboxylic acids is 1. The van der Waals surface area contributed by atoms with Gasteiger partial charge in [-0.05, 0) is 68.0 Å². The summed E-state index contributed by atoms with van der Waals surface area (Å²) in [5.41, 5.74) is 2.35. The molecule has 0 unspecified atom stereocenters. The number of carbonyl (C=O) groups is 1. The van der Waals surface area contributed by atoms with E-state index in [1.807, 2.05) is 18.2 Å². The summed E-state index contributed by atoms with van der Waals surface area (Å²) in [7, 11) is 1.57. The Morgan fingerprint density at radius 2 is 2.03 bits per heavy atom. The SMILES string of the molecule is COc1cccc(-c2nc3sc4c(c3c(=O)n2CC(=O)Nc2ccc(C)c(F)c2)CCCC4)c1. The summed E-state index contributed by atoms with van der Waals surface area (Å²) in [5, 5.41) is 3.31. The molecule has 2 aromatic heterocycles. The van der Waals surface area contributed by atoms with E-state index >= 15 is 0 Å². The van der Waals surface area contributed by atoms with Crippen LogP contribution < -0.4 is 15.6 Å². The monoisotopic (exact) mass is 477 g/mol. The molecule has 174 valence electrons. The molecule has 0 bridgehead atoms. The maximum Gasteiger partial charge on any atom is 0.263 e. The van der Waals surface area contributed by atoms with Crippen LogP contribution in [0.2, 0.25) is 0 Å². The fourth-order valence-corrected chi connectivity index (χ4v) is 5.63. The number of hydrogen-bond donors (Lipinski definition) is 1. The molecule has 2 heterocycles. The predicted molar refractivity (Wildman–Crippen MR) is 132 cm³/mol. The molecule has 0 spiro atoms. The van der Waals surface area contributed by atoms with Gasteiger partial charge in [-0.1, -0.05) is 18.2 Å². The van der Waals surface area contributed by atoms with Crippen molar-refractivity contribution < 1.29 is 13.9 Å². The van der Waals surface area contributed by atoms with Crippen molar-refractivity contribution in [1.29, 1.82) is 0 Å². The standard InChI is InChI=1S/C26H24FN3O3S/c1-15-10-11-17(13-20(15)27)28-22(31)14-30-24(16-6-5-7-18(12-16)33-2)29-25-23(26(30)32)19-8-3-4-9-21(19)34-25/h5-7,10-13H,3-4,8-9,14H2,1-2H3,(H,28,31). The zero-order valence-corrected chi connectivity index (χ0v) is 19.8. The minimum absolute atomic E-state index is 0.229. The lowest BCUT2D eigenvalue weighted by Crippen LogP contribution is -2.30. The molecule has 0 saturated carbocycles. The van der Waals surface area contributed by atoms with Crippen molar-refractivity contribution in [3.05, 3.63) is 74.6 Å². The van der Waals surface area contributed by atoms with E-state index in [-0.39, 0.29) is 12.1 Å². The fraction of sp³-hybridized carbons (Fsp3) is 0.269. The second-order valence-corrected chi connectivity index (χ2v) is 9.55. The molecule has 5 rings (SSSR count). The van der Waals surface area contributed by atoms with Crippen LogP contribution in [-0.4, -0.2) is 22.6 Å². The van der Waals surface area contributed by atoms with Crippen LogP contribution in [0, 0.1) is 12.7 Å². The first-order chi connectivity index (χ1) is 16.4. The van der Waals surface area contributed by atoms with E-state index in [1.165, 1.54) is 15.5 Å². The van der Waals surface area contributed by atoms with Gasteiger partial charge in [0.2, 0.25) is 5.91 Å². The Bertz CT molecular complexity index is 1470. The van der Waals surface area contributed by atoms with Crippen LogP contribution in [0.1, 0.15) is 28.8 Å². The molecule has 6 nitrogen and oxygen atoms in total. The number of nitrogens with one attached hydrogen (secondary N) is 1. The summed E-state index contributed by atoms with van der Waals surface area (Å²) in [5.74, 6) is 0.198. The van der Waals surface area contributed by atoms with Gasteiger partial charge in [-0.25, -0.2) is 9.37 Å². The molecular formula is C26H24FN3O3S. The Hall–Kier alpha value is -3.52. The van der Waals surface area contributed by atoms with E-state index in [0.717, 1.165) is 31.2 Å². The third kappa shape index (κ3) is 4.09. The normalized spacial score (nSPS) is 13.0. The Morgan fingerprint density at radius 3 is 2.82 bits per heavy atom. The molecule has 0 saturated heterocycles. The van der Waals surface area contributed by atoms with Crippen LogP contribution in [0.15, 0.2) is 47.3 Å². The topological polar surface area (TPSA) is 73.2 Å². The average molecular weight is 478 g/mol. The lowest BCUT2D eigenvalue weighted by Gasteiger charge is -2.15. The van der Waals surface area contributed by atoms with Crippen molar-refractivity contribution in [3.63, 3.8) is 0 Å². The molecule has 0 radical (unpaired) electrons. The molecule has 1 aliphatic carbocycles. The predicted octanol–water partition coefficient (Wildman–Crippen LogP) is 5.10. The number of methoxy groups -OCH3 is 1. The van der Waals surface area contributed by atoms with E-state index in [2.05, 4.69) is 5.32 Å². The third-order valence-corrected chi connectivity index (χ3v) is 7.35. The number of aryl methyl sites for hydroxylation is 3. The van der Waals surface area contributed by atoms with Crippen molar-refractivity contribution in [2.24, 2.45) is 0 Å². The zero-order chi connectivity index (χ0) is 23.8. The van der Waals surface area contributed by atoms with E-state index < -0.39 is 11.7 Å². The summed E-state index contributed by atoms with van der Waals surface area (Å²) in [4.78, 5) is 33.5. The number of ether oxygens (including phenoxy) is 1. The molecule has 4 aromatic rings. The maximum atomic E-state index is 13.9. The summed E-state index contributed by atoms with van der Waals surface area (Å²) < 4.78 is 20.7. The van der Waals surface area contributed by atoms with E-state index in [1.54, 1.807) is 43.6 Å². The Morgan fingerprint density at radius 1 is 1.21 bits per heavy atom. The van der Waals surface area contributed by atoms with Gasteiger partial charge in [-0.3, -0.25) is 14.2 Å². The quantitative estimate of drug-likeness (QED) is 0.434. The summed E-state index contributed by atoms with van der Waals surface area (Å²) >= 11 is 1.57. The Balaban J connectivity index is 1.61. The molecule has 1 N–H and O–H groups in total. The molecular weight excluding hydrogens is 453 g/mol. The molecule has 0 fully saturated rings. The first-order valence-corrected chi connectivity index (χ1v) is 12.0. The molecule has 1 aliphatic rings. The number of benzene rings is 2. The van der Waals surface area contributed by atoms with Crippen molar-refractivity contribution in [2.45, 2.75) is 39.2 Å². The summed E-state index contributed by atoms with van der Waals surface area (Å²) in [6, 6.07) is 11.8. The van der Waals surface area contributed by atoms with Gasteiger partial charge in [0.25, 0.3) is 5.56 Å².